The van der Waals surface area contributed by atoms with Gasteiger partial charge in [0, 0.05) is 4.90 Å². The van der Waals surface area contributed by atoms with Crippen LogP contribution < -0.4 is 5.32 Å². The minimum atomic E-state index is -0.107. The van der Waals surface area contributed by atoms with Crippen LogP contribution in [0.5, 0.6) is 0 Å². The summed E-state index contributed by atoms with van der Waals surface area (Å²) in [5, 5.41) is 3.15. The molecule has 3 heteroatoms. The lowest BCUT2D eigenvalue weighted by Crippen LogP contribution is -2.34. The van der Waals surface area contributed by atoms with Gasteiger partial charge in [-0.05, 0) is 74.8 Å². The molecule has 26 heavy (non-hydrogen) atoms. The molecule has 1 N–H and O–H groups in total. The first-order chi connectivity index (χ1) is 12.6. The van der Waals surface area contributed by atoms with Gasteiger partial charge < -0.3 is 5.32 Å². The third-order valence-electron chi connectivity index (χ3n) is 5.20. The second-order valence-electron chi connectivity index (χ2n) is 7.28. The SMILES string of the molecule is CC[C@H](NC(=O)[C@H](C)Sc1ccc(C)cc1)c1ccc2c(c1)CCCC2. The number of hydrogen-bond acceptors (Lipinski definition) is 2. The Morgan fingerprint density at radius 3 is 2.46 bits per heavy atom. The highest BCUT2D eigenvalue weighted by molar-refractivity contribution is 8.00. The zero-order chi connectivity index (χ0) is 18.5. The molecule has 2 aromatic rings. The lowest BCUT2D eigenvalue weighted by atomic mass is 9.89. The van der Waals surface area contributed by atoms with Crippen LogP contribution in [-0.4, -0.2) is 11.2 Å². The van der Waals surface area contributed by atoms with Crippen LogP contribution in [0.4, 0.5) is 0 Å². The van der Waals surface area contributed by atoms with Crippen molar-refractivity contribution in [2.24, 2.45) is 0 Å². The number of carbonyl (C=O) groups is 1. The van der Waals surface area contributed by atoms with Crippen LogP contribution in [0, 0.1) is 6.92 Å². The lowest BCUT2D eigenvalue weighted by Gasteiger charge is -2.23. The molecule has 0 bridgehead atoms. The van der Waals surface area contributed by atoms with Crippen molar-refractivity contribution in [2.45, 2.75) is 69.1 Å². The molecule has 2 aromatic carbocycles. The third kappa shape index (κ3) is 4.70. The molecule has 0 radical (unpaired) electrons. The average molecular weight is 368 g/mol. The number of benzene rings is 2. The molecule has 0 unspecified atom stereocenters. The molecule has 0 aliphatic heterocycles. The molecule has 1 aliphatic carbocycles. The molecule has 3 rings (SSSR count). The average Bonchev–Trinajstić information content (AvgIpc) is 2.67. The second kappa shape index (κ2) is 8.77. The Bertz CT molecular complexity index is 753. The standard InChI is InChI=1S/C23H29NOS/c1-4-22(20-12-11-18-7-5-6-8-19(18)15-20)24-23(25)17(3)26-21-13-9-16(2)10-14-21/h9-15,17,22H,4-8H2,1-3H3,(H,24,25)/t17-,22-/m0/s1. The van der Waals surface area contributed by atoms with Crippen molar-refractivity contribution in [1.82, 2.24) is 5.32 Å². The highest BCUT2D eigenvalue weighted by atomic mass is 32.2. The number of fused-ring (bicyclic) bond motifs is 1. The Labute approximate surface area is 161 Å². The van der Waals surface area contributed by atoms with Gasteiger partial charge >= 0.3 is 0 Å². The van der Waals surface area contributed by atoms with Gasteiger partial charge in [0.15, 0.2) is 0 Å². The van der Waals surface area contributed by atoms with E-state index in [0.29, 0.717) is 0 Å². The first-order valence-corrected chi connectivity index (χ1v) is 10.6. The number of nitrogens with one attached hydrogen (secondary N) is 1. The fourth-order valence-corrected chi connectivity index (χ4v) is 4.43. The summed E-state index contributed by atoms with van der Waals surface area (Å²) in [6.45, 7) is 6.20. The predicted octanol–water partition coefficient (Wildman–Crippen LogP) is 5.62. The van der Waals surface area contributed by atoms with Gasteiger partial charge in [-0.25, -0.2) is 0 Å². The van der Waals surface area contributed by atoms with Gasteiger partial charge in [0.1, 0.15) is 0 Å². The van der Waals surface area contributed by atoms with E-state index in [-0.39, 0.29) is 17.2 Å². The third-order valence-corrected chi connectivity index (χ3v) is 6.31. The molecule has 0 fully saturated rings. The summed E-state index contributed by atoms with van der Waals surface area (Å²) < 4.78 is 0. The van der Waals surface area contributed by atoms with Crippen LogP contribution in [0.1, 0.15) is 61.4 Å². The van der Waals surface area contributed by atoms with Crippen LogP contribution in [-0.2, 0) is 17.6 Å². The van der Waals surface area contributed by atoms with Crippen molar-refractivity contribution in [3.63, 3.8) is 0 Å². The maximum Gasteiger partial charge on any atom is 0.233 e. The van der Waals surface area contributed by atoms with Crippen LogP contribution in [0.3, 0.4) is 0 Å². The van der Waals surface area contributed by atoms with Gasteiger partial charge in [-0.15, -0.1) is 11.8 Å². The fraction of sp³-hybridized carbons (Fsp3) is 0.435. The van der Waals surface area contributed by atoms with Crippen LogP contribution in [0.25, 0.3) is 0 Å². The Kier molecular flexibility index (Phi) is 6.42. The minimum absolute atomic E-state index is 0.0933. The van der Waals surface area contributed by atoms with Crippen molar-refractivity contribution >= 4 is 17.7 Å². The molecule has 1 amide bonds. The first-order valence-electron chi connectivity index (χ1n) is 9.72. The fourth-order valence-electron chi connectivity index (χ4n) is 3.55. The molecule has 2 atom stereocenters. The summed E-state index contributed by atoms with van der Waals surface area (Å²) in [6, 6.07) is 15.2. The topological polar surface area (TPSA) is 29.1 Å². The summed E-state index contributed by atoms with van der Waals surface area (Å²) in [4.78, 5) is 13.9. The van der Waals surface area contributed by atoms with E-state index < -0.39 is 0 Å². The number of amides is 1. The molecule has 0 saturated carbocycles. The quantitative estimate of drug-likeness (QED) is 0.671. The maximum absolute atomic E-state index is 12.7. The van der Waals surface area contributed by atoms with Crippen LogP contribution >= 0.6 is 11.8 Å². The van der Waals surface area contributed by atoms with Crippen molar-refractivity contribution in [3.05, 3.63) is 64.7 Å². The summed E-state index contributed by atoms with van der Waals surface area (Å²) in [5.41, 5.74) is 5.45. The van der Waals surface area contributed by atoms with E-state index in [9.17, 15) is 4.79 Å². The van der Waals surface area contributed by atoms with Gasteiger partial charge in [0.2, 0.25) is 5.91 Å². The van der Waals surface area contributed by atoms with E-state index in [1.54, 1.807) is 11.8 Å². The normalized spacial score (nSPS) is 15.8. The number of hydrogen-bond donors (Lipinski definition) is 1. The van der Waals surface area contributed by atoms with E-state index >= 15 is 0 Å². The minimum Gasteiger partial charge on any atom is -0.348 e. The maximum atomic E-state index is 12.7. The second-order valence-corrected chi connectivity index (χ2v) is 8.69. The highest BCUT2D eigenvalue weighted by Gasteiger charge is 2.20. The van der Waals surface area contributed by atoms with E-state index in [2.05, 4.69) is 61.6 Å². The number of aryl methyl sites for hydroxylation is 3. The molecule has 0 aromatic heterocycles. The molecule has 1 aliphatic rings. The van der Waals surface area contributed by atoms with E-state index in [0.717, 1.165) is 11.3 Å². The van der Waals surface area contributed by atoms with Crippen LogP contribution in [0.15, 0.2) is 47.4 Å². The van der Waals surface area contributed by atoms with Gasteiger partial charge in [-0.3, -0.25) is 4.79 Å². The summed E-state index contributed by atoms with van der Waals surface area (Å²) in [6.07, 6.45) is 5.86. The zero-order valence-electron chi connectivity index (χ0n) is 16.0. The number of rotatable bonds is 6. The summed E-state index contributed by atoms with van der Waals surface area (Å²) in [5.74, 6) is 0.111. The van der Waals surface area contributed by atoms with Crippen LogP contribution in [0.2, 0.25) is 0 Å². The molecule has 0 saturated heterocycles. The Balaban J connectivity index is 1.65. The Morgan fingerprint density at radius 2 is 1.77 bits per heavy atom. The summed E-state index contributed by atoms with van der Waals surface area (Å²) in [7, 11) is 0. The van der Waals surface area contributed by atoms with Crippen molar-refractivity contribution in [3.8, 4) is 0 Å². The Hall–Kier alpha value is -1.74. The van der Waals surface area contributed by atoms with E-state index in [1.807, 2.05) is 6.92 Å². The molecule has 0 spiro atoms. The number of carbonyl (C=O) groups excluding carboxylic acids is 1. The molecular formula is C23H29NOS. The van der Waals surface area contributed by atoms with Crippen molar-refractivity contribution < 1.29 is 4.79 Å². The molecule has 0 heterocycles. The van der Waals surface area contributed by atoms with Gasteiger partial charge in [-0.2, -0.15) is 0 Å². The molecule has 138 valence electrons. The molecular weight excluding hydrogens is 338 g/mol. The smallest absolute Gasteiger partial charge is 0.233 e. The Morgan fingerprint density at radius 1 is 1.08 bits per heavy atom. The van der Waals surface area contributed by atoms with Gasteiger partial charge in [-0.1, -0.05) is 42.8 Å². The van der Waals surface area contributed by atoms with E-state index in [1.165, 1.54) is 47.9 Å². The lowest BCUT2D eigenvalue weighted by molar-refractivity contribution is -0.121. The monoisotopic (exact) mass is 367 g/mol. The largest absolute Gasteiger partial charge is 0.348 e. The predicted molar refractivity (Wildman–Crippen MR) is 111 cm³/mol. The first kappa shape index (κ1) is 19.0. The van der Waals surface area contributed by atoms with Gasteiger partial charge in [0.25, 0.3) is 0 Å². The van der Waals surface area contributed by atoms with Crippen molar-refractivity contribution in [1.29, 1.82) is 0 Å². The molecule has 2 nitrogen and oxygen atoms in total. The van der Waals surface area contributed by atoms with E-state index in [4.69, 9.17) is 0 Å². The zero-order valence-corrected chi connectivity index (χ0v) is 16.9. The summed E-state index contributed by atoms with van der Waals surface area (Å²) >= 11 is 1.62. The number of thioether (sulfide) groups is 1. The highest BCUT2D eigenvalue weighted by Crippen LogP contribution is 2.28. The van der Waals surface area contributed by atoms with Crippen molar-refractivity contribution in [2.75, 3.05) is 0 Å². The van der Waals surface area contributed by atoms with Gasteiger partial charge in [0.05, 0.1) is 11.3 Å².